The van der Waals surface area contributed by atoms with Gasteiger partial charge in [0.05, 0.1) is 17.2 Å². The molecule has 1 amide bonds. The van der Waals surface area contributed by atoms with E-state index in [0.29, 0.717) is 16.3 Å². The van der Waals surface area contributed by atoms with E-state index in [9.17, 15) is 18.4 Å². The Balaban J connectivity index is 1.89. The highest BCUT2D eigenvalue weighted by atomic mass is 32.2. The van der Waals surface area contributed by atoms with Crippen LogP contribution in [0, 0.1) is 17.0 Å². The highest BCUT2D eigenvalue weighted by Gasteiger charge is 2.21. The van der Waals surface area contributed by atoms with Crippen molar-refractivity contribution in [3.63, 3.8) is 0 Å². The number of carbonyl (C=O) groups is 2. The molecule has 0 aliphatic heterocycles. The molecule has 134 valence electrons. The van der Waals surface area contributed by atoms with Crippen molar-refractivity contribution in [1.82, 2.24) is 5.32 Å². The Bertz CT molecular complexity index is 782. The van der Waals surface area contributed by atoms with Gasteiger partial charge in [0.25, 0.3) is 0 Å². The Morgan fingerprint density at radius 3 is 2.48 bits per heavy atom. The molecule has 0 saturated carbocycles. The molecule has 0 atom stereocenters. The van der Waals surface area contributed by atoms with Gasteiger partial charge in [-0.05, 0) is 30.3 Å². The molecule has 0 bridgehead atoms. The summed E-state index contributed by atoms with van der Waals surface area (Å²) in [4.78, 5) is 26.0. The van der Waals surface area contributed by atoms with Gasteiger partial charge in [-0.1, -0.05) is 20.8 Å². The molecule has 0 saturated heterocycles. The SMILES string of the molecule is CC(C)(C)C(=O)NCc1ccc(C(=O)CSc2ccc(F)c(F)c2)s1. The molecule has 1 N–H and O–H groups in total. The zero-order valence-corrected chi connectivity index (χ0v) is 15.8. The first kappa shape index (κ1) is 19.6. The van der Waals surface area contributed by atoms with E-state index in [2.05, 4.69) is 5.32 Å². The minimum atomic E-state index is -0.926. The van der Waals surface area contributed by atoms with E-state index in [4.69, 9.17) is 0 Å². The molecule has 1 aromatic carbocycles. The molecule has 25 heavy (non-hydrogen) atoms. The lowest BCUT2D eigenvalue weighted by atomic mass is 9.96. The zero-order valence-electron chi connectivity index (χ0n) is 14.2. The molecule has 7 heteroatoms. The van der Waals surface area contributed by atoms with Crippen molar-refractivity contribution < 1.29 is 18.4 Å². The van der Waals surface area contributed by atoms with Gasteiger partial charge < -0.3 is 5.32 Å². The number of rotatable bonds is 6. The molecule has 0 aliphatic rings. The quantitative estimate of drug-likeness (QED) is 0.583. The van der Waals surface area contributed by atoms with Gasteiger partial charge in [-0.15, -0.1) is 23.1 Å². The monoisotopic (exact) mass is 383 g/mol. The third kappa shape index (κ3) is 5.64. The highest BCUT2D eigenvalue weighted by molar-refractivity contribution is 8.00. The van der Waals surface area contributed by atoms with Gasteiger partial charge in [-0.25, -0.2) is 8.78 Å². The van der Waals surface area contributed by atoms with Crippen LogP contribution in [0.15, 0.2) is 35.2 Å². The molecule has 1 heterocycles. The van der Waals surface area contributed by atoms with Crippen LogP contribution in [0.5, 0.6) is 0 Å². The number of halogens is 2. The summed E-state index contributed by atoms with van der Waals surface area (Å²) in [5.41, 5.74) is -0.461. The highest BCUT2D eigenvalue weighted by Crippen LogP contribution is 2.24. The number of carbonyl (C=O) groups excluding carboxylic acids is 2. The predicted molar refractivity (Wildman–Crippen MR) is 97.0 cm³/mol. The largest absolute Gasteiger partial charge is 0.351 e. The molecule has 2 rings (SSSR count). The van der Waals surface area contributed by atoms with Gasteiger partial charge in [-0.3, -0.25) is 9.59 Å². The van der Waals surface area contributed by atoms with Gasteiger partial charge in [0.15, 0.2) is 17.4 Å². The first-order chi connectivity index (χ1) is 11.7. The van der Waals surface area contributed by atoms with Gasteiger partial charge in [0.2, 0.25) is 5.91 Å². The number of thioether (sulfide) groups is 1. The summed E-state index contributed by atoms with van der Waals surface area (Å²) >= 11 is 2.48. The van der Waals surface area contributed by atoms with Crippen molar-refractivity contribution in [2.75, 3.05) is 5.75 Å². The Morgan fingerprint density at radius 1 is 1.12 bits per heavy atom. The molecule has 0 radical (unpaired) electrons. The second kappa shape index (κ2) is 8.10. The summed E-state index contributed by atoms with van der Waals surface area (Å²) in [5, 5.41) is 2.84. The molecule has 0 spiro atoms. The molecular formula is C18H19F2NO2S2. The summed E-state index contributed by atoms with van der Waals surface area (Å²) in [6.07, 6.45) is 0. The van der Waals surface area contributed by atoms with Gasteiger partial charge in [0, 0.05) is 15.2 Å². The Morgan fingerprint density at radius 2 is 1.84 bits per heavy atom. The Kier molecular flexibility index (Phi) is 6.35. The van der Waals surface area contributed by atoms with Crippen LogP contribution in [0.2, 0.25) is 0 Å². The van der Waals surface area contributed by atoms with Crippen molar-refractivity contribution in [2.24, 2.45) is 5.41 Å². The van der Waals surface area contributed by atoms with Crippen molar-refractivity contribution in [2.45, 2.75) is 32.2 Å². The topological polar surface area (TPSA) is 46.2 Å². The van der Waals surface area contributed by atoms with Crippen LogP contribution < -0.4 is 5.32 Å². The minimum Gasteiger partial charge on any atom is -0.351 e. The number of nitrogens with one attached hydrogen (secondary N) is 1. The number of ketones is 1. The third-order valence-corrected chi connectivity index (χ3v) is 5.42. The standard InChI is InChI=1S/C18H19F2NO2S2/c1-18(2,3)17(23)21-9-12-5-7-16(25-12)15(22)10-24-11-4-6-13(19)14(20)8-11/h4-8H,9-10H2,1-3H3,(H,21,23). The van der Waals surface area contributed by atoms with Crippen LogP contribution in [-0.4, -0.2) is 17.4 Å². The number of benzene rings is 1. The van der Waals surface area contributed by atoms with Crippen molar-refractivity contribution in [3.8, 4) is 0 Å². The predicted octanol–water partition coefficient (Wildman–Crippen LogP) is 4.66. The maximum absolute atomic E-state index is 13.2. The average molecular weight is 383 g/mol. The second-order valence-corrected chi connectivity index (χ2v) is 8.70. The van der Waals surface area contributed by atoms with Crippen LogP contribution >= 0.6 is 23.1 Å². The Hall–Kier alpha value is -1.73. The van der Waals surface area contributed by atoms with E-state index in [-0.39, 0.29) is 17.4 Å². The Labute approximate surface area is 153 Å². The van der Waals surface area contributed by atoms with Crippen LogP contribution in [0.25, 0.3) is 0 Å². The van der Waals surface area contributed by atoms with E-state index >= 15 is 0 Å². The van der Waals surface area contributed by atoms with Crippen LogP contribution in [-0.2, 0) is 11.3 Å². The summed E-state index contributed by atoms with van der Waals surface area (Å²) in [6, 6.07) is 7.09. The summed E-state index contributed by atoms with van der Waals surface area (Å²) < 4.78 is 26.0. The fourth-order valence-corrected chi connectivity index (χ4v) is 3.62. The third-order valence-electron chi connectivity index (χ3n) is 3.30. The first-order valence-electron chi connectivity index (χ1n) is 7.65. The molecular weight excluding hydrogens is 364 g/mol. The summed E-state index contributed by atoms with van der Waals surface area (Å²) in [5.74, 6) is -1.84. The molecule has 0 aliphatic carbocycles. The van der Waals surface area contributed by atoms with Gasteiger partial charge in [0.1, 0.15) is 0 Å². The minimum absolute atomic E-state index is 0.0531. The van der Waals surface area contributed by atoms with Crippen LogP contribution in [0.3, 0.4) is 0 Å². The lowest BCUT2D eigenvalue weighted by molar-refractivity contribution is -0.128. The smallest absolute Gasteiger partial charge is 0.225 e. The number of thiophene rings is 1. The molecule has 0 unspecified atom stereocenters. The van der Waals surface area contributed by atoms with Crippen molar-refractivity contribution >= 4 is 34.8 Å². The number of hydrogen-bond donors (Lipinski definition) is 1. The van der Waals surface area contributed by atoms with Crippen LogP contribution in [0.1, 0.15) is 35.3 Å². The molecule has 2 aromatic rings. The summed E-state index contributed by atoms with van der Waals surface area (Å²) in [7, 11) is 0. The lowest BCUT2D eigenvalue weighted by Crippen LogP contribution is -2.34. The first-order valence-corrected chi connectivity index (χ1v) is 9.45. The second-order valence-electron chi connectivity index (χ2n) is 6.49. The molecule has 0 fully saturated rings. The van der Waals surface area contributed by atoms with Crippen molar-refractivity contribution in [1.29, 1.82) is 0 Å². The van der Waals surface area contributed by atoms with Gasteiger partial charge in [-0.2, -0.15) is 0 Å². The van der Waals surface area contributed by atoms with E-state index in [0.717, 1.165) is 28.8 Å². The fourth-order valence-electron chi connectivity index (χ4n) is 1.84. The zero-order chi connectivity index (χ0) is 18.6. The van der Waals surface area contributed by atoms with E-state index in [1.54, 1.807) is 6.07 Å². The molecule has 3 nitrogen and oxygen atoms in total. The van der Waals surface area contributed by atoms with Crippen LogP contribution in [0.4, 0.5) is 8.78 Å². The fraction of sp³-hybridized carbons (Fsp3) is 0.333. The van der Waals surface area contributed by atoms with E-state index < -0.39 is 17.0 Å². The summed E-state index contributed by atoms with van der Waals surface area (Å²) in [6.45, 7) is 5.88. The lowest BCUT2D eigenvalue weighted by Gasteiger charge is -2.17. The van der Waals surface area contributed by atoms with Crippen molar-refractivity contribution in [3.05, 3.63) is 51.7 Å². The maximum Gasteiger partial charge on any atom is 0.225 e. The maximum atomic E-state index is 13.2. The van der Waals surface area contributed by atoms with E-state index in [1.165, 1.54) is 17.4 Å². The van der Waals surface area contributed by atoms with Gasteiger partial charge >= 0.3 is 0 Å². The average Bonchev–Trinajstić information content (AvgIpc) is 3.01. The number of Topliss-reactive ketones (excluding diaryl/α,β-unsaturated/α-hetero) is 1. The normalized spacial score (nSPS) is 11.4. The van der Waals surface area contributed by atoms with E-state index in [1.807, 2.05) is 26.8 Å². The number of hydrogen-bond acceptors (Lipinski definition) is 4. The molecule has 1 aromatic heterocycles. The number of amides is 1.